The minimum absolute atomic E-state index is 0.0400. The number of nitrogens with two attached hydrogens (primary N) is 1. The second-order valence-corrected chi connectivity index (χ2v) is 5.80. The Bertz CT molecular complexity index is 417. The summed E-state index contributed by atoms with van der Waals surface area (Å²) in [6.45, 7) is 10.1. The van der Waals surface area contributed by atoms with Crippen molar-refractivity contribution in [1.82, 2.24) is 4.98 Å². The Morgan fingerprint density at radius 1 is 1.56 bits per heavy atom. The number of anilines is 1. The SMILES string of the molecule is CC1CN(c2cc([C@H](C)N)ccn2)CC(C)(C)O1. The Kier molecular flexibility index (Phi) is 3.59. The van der Waals surface area contributed by atoms with Crippen LogP contribution in [-0.4, -0.2) is 29.8 Å². The number of ether oxygens (including phenoxy) is 1. The van der Waals surface area contributed by atoms with Crippen LogP contribution in [0.25, 0.3) is 0 Å². The number of hydrogen-bond donors (Lipinski definition) is 1. The second kappa shape index (κ2) is 4.86. The molecule has 18 heavy (non-hydrogen) atoms. The molecule has 1 fully saturated rings. The highest BCUT2D eigenvalue weighted by Crippen LogP contribution is 2.25. The van der Waals surface area contributed by atoms with Crippen LogP contribution in [0.15, 0.2) is 18.3 Å². The van der Waals surface area contributed by atoms with Crippen molar-refractivity contribution in [2.45, 2.75) is 45.4 Å². The topological polar surface area (TPSA) is 51.4 Å². The number of hydrogen-bond acceptors (Lipinski definition) is 4. The van der Waals surface area contributed by atoms with Gasteiger partial charge in [-0.15, -0.1) is 0 Å². The highest BCUT2D eigenvalue weighted by molar-refractivity contribution is 5.43. The van der Waals surface area contributed by atoms with Gasteiger partial charge in [-0.25, -0.2) is 4.98 Å². The predicted octanol–water partition coefficient (Wildman–Crippen LogP) is 2.10. The van der Waals surface area contributed by atoms with Gasteiger partial charge in [0.1, 0.15) is 5.82 Å². The van der Waals surface area contributed by atoms with Crippen molar-refractivity contribution < 1.29 is 4.74 Å². The van der Waals surface area contributed by atoms with E-state index in [1.807, 2.05) is 19.2 Å². The zero-order valence-electron chi connectivity index (χ0n) is 11.7. The summed E-state index contributed by atoms with van der Waals surface area (Å²) in [5, 5.41) is 0. The lowest BCUT2D eigenvalue weighted by Crippen LogP contribution is -2.52. The molecular formula is C14H23N3O. The summed E-state index contributed by atoms with van der Waals surface area (Å²) in [4.78, 5) is 6.74. The molecule has 0 spiro atoms. The molecule has 2 atom stereocenters. The van der Waals surface area contributed by atoms with Crippen LogP contribution in [0.4, 0.5) is 5.82 Å². The van der Waals surface area contributed by atoms with Crippen LogP contribution in [0, 0.1) is 0 Å². The maximum atomic E-state index is 5.92. The van der Waals surface area contributed by atoms with Crippen LogP contribution in [-0.2, 0) is 4.74 Å². The summed E-state index contributed by atoms with van der Waals surface area (Å²) in [7, 11) is 0. The molecule has 0 aromatic carbocycles. The van der Waals surface area contributed by atoms with Crippen LogP contribution >= 0.6 is 0 Å². The van der Waals surface area contributed by atoms with E-state index in [0.717, 1.165) is 24.5 Å². The monoisotopic (exact) mass is 249 g/mol. The van der Waals surface area contributed by atoms with Crippen LogP contribution in [0.5, 0.6) is 0 Å². The van der Waals surface area contributed by atoms with E-state index < -0.39 is 0 Å². The van der Waals surface area contributed by atoms with Crippen molar-refractivity contribution in [3.8, 4) is 0 Å². The molecule has 1 unspecified atom stereocenters. The third-order valence-corrected chi connectivity index (χ3v) is 3.19. The minimum atomic E-state index is -0.135. The molecule has 0 amide bonds. The lowest BCUT2D eigenvalue weighted by Gasteiger charge is -2.42. The fourth-order valence-electron chi connectivity index (χ4n) is 2.52. The summed E-state index contributed by atoms with van der Waals surface area (Å²) >= 11 is 0. The van der Waals surface area contributed by atoms with E-state index in [2.05, 4.69) is 36.7 Å². The average molecular weight is 249 g/mol. The van der Waals surface area contributed by atoms with Crippen molar-refractivity contribution in [1.29, 1.82) is 0 Å². The summed E-state index contributed by atoms with van der Waals surface area (Å²) in [6.07, 6.45) is 2.05. The van der Waals surface area contributed by atoms with Crippen molar-refractivity contribution in [2.24, 2.45) is 5.73 Å². The normalized spacial score (nSPS) is 24.9. The van der Waals surface area contributed by atoms with E-state index in [4.69, 9.17) is 10.5 Å². The Balaban J connectivity index is 2.23. The van der Waals surface area contributed by atoms with Gasteiger partial charge in [-0.3, -0.25) is 0 Å². The molecule has 1 saturated heterocycles. The predicted molar refractivity (Wildman–Crippen MR) is 73.7 cm³/mol. The molecule has 100 valence electrons. The maximum Gasteiger partial charge on any atom is 0.128 e. The van der Waals surface area contributed by atoms with E-state index in [1.165, 1.54) is 0 Å². The molecule has 0 bridgehead atoms. The summed E-state index contributed by atoms with van der Waals surface area (Å²) in [5.41, 5.74) is 6.91. The van der Waals surface area contributed by atoms with E-state index >= 15 is 0 Å². The van der Waals surface area contributed by atoms with Gasteiger partial charge in [-0.05, 0) is 45.4 Å². The Morgan fingerprint density at radius 2 is 2.28 bits per heavy atom. The zero-order valence-corrected chi connectivity index (χ0v) is 11.7. The quantitative estimate of drug-likeness (QED) is 0.872. The molecule has 0 saturated carbocycles. The van der Waals surface area contributed by atoms with Gasteiger partial charge >= 0.3 is 0 Å². The van der Waals surface area contributed by atoms with Gasteiger partial charge < -0.3 is 15.4 Å². The maximum absolute atomic E-state index is 5.92. The lowest BCUT2D eigenvalue weighted by atomic mass is 10.0. The lowest BCUT2D eigenvalue weighted by molar-refractivity contribution is -0.0751. The van der Waals surface area contributed by atoms with E-state index in [1.54, 1.807) is 0 Å². The number of morpholine rings is 1. The molecule has 0 radical (unpaired) electrons. The molecule has 1 aliphatic rings. The minimum Gasteiger partial charge on any atom is -0.369 e. The van der Waals surface area contributed by atoms with Gasteiger partial charge in [0, 0.05) is 25.3 Å². The fraction of sp³-hybridized carbons (Fsp3) is 0.643. The van der Waals surface area contributed by atoms with Gasteiger partial charge in [0.2, 0.25) is 0 Å². The standard InChI is InChI=1S/C14H23N3O/c1-10-8-17(9-14(3,4)18-10)13-7-12(11(2)15)5-6-16-13/h5-7,10-11H,8-9,15H2,1-4H3/t10?,11-/m0/s1. The van der Waals surface area contributed by atoms with Crippen molar-refractivity contribution >= 4 is 5.82 Å². The first-order chi connectivity index (χ1) is 8.37. The molecule has 1 aromatic rings. The Hall–Kier alpha value is -1.13. The van der Waals surface area contributed by atoms with E-state index in [9.17, 15) is 0 Å². The smallest absolute Gasteiger partial charge is 0.128 e. The van der Waals surface area contributed by atoms with Gasteiger partial charge in [-0.2, -0.15) is 0 Å². The van der Waals surface area contributed by atoms with E-state index in [-0.39, 0.29) is 17.7 Å². The Morgan fingerprint density at radius 3 is 2.89 bits per heavy atom. The van der Waals surface area contributed by atoms with Crippen LogP contribution in [0.1, 0.15) is 39.3 Å². The Labute approximate surface area is 109 Å². The fourth-order valence-corrected chi connectivity index (χ4v) is 2.52. The van der Waals surface area contributed by atoms with Gasteiger partial charge in [0.05, 0.1) is 11.7 Å². The van der Waals surface area contributed by atoms with Crippen LogP contribution in [0.2, 0.25) is 0 Å². The molecule has 4 heteroatoms. The molecule has 2 rings (SSSR count). The van der Waals surface area contributed by atoms with Gasteiger partial charge in [-0.1, -0.05) is 0 Å². The summed E-state index contributed by atoms with van der Waals surface area (Å²) in [5.74, 6) is 0.994. The first-order valence-corrected chi connectivity index (χ1v) is 6.52. The number of pyridine rings is 1. The molecule has 0 aliphatic carbocycles. The number of aromatic nitrogens is 1. The third kappa shape index (κ3) is 3.00. The average Bonchev–Trinajstić information content (AvgIpc) is 2.26. The molecule has 4 nitrogen and oxygen atoms in total. The first kappa shape index (κ1) is 13.3. The zero-order chi connectivity index (χ0) is 13.3. The second-order valence-electron chi connectivity index (χ2n) is 5.80. The highest BCUT2D eigenvalue weighted by Gasteiger charge is 2.31. The van der Waals surface area contributed by atoms with E-state index in [0.29, 0.717) is 0 Å². The molecule has 1 aliphatic heterocycles. The first-order valence-electron chi connectivity index (χ1n) is 6.52. The third-order valence-electron chi connectivity index (χ3n) is 3.19. The summed E-state index contributed by atoms with van der Waals surface area (Å²) in [6, 6.07) is 4.10. The number of nitrogens with zero attached hydrogens (tertiary/aromatic N) is 2. The largest absolute Gasteiger partial charge is 0.369 e. The van der Waals surface area contributed by atoms with Crippen molar-refractivity contribution in [3.05, 3.63) is 23.9 Å². The molecular weight excluding hydrogens is 226 g/mol. The van der Waals surface area contributed by atoms with Crippen molar-refractivity contribution in [3.63, 3.8) is 0 Å². The molecule has 2 N–H and O–H groups in total. The highest BCUT2D eigenvalue weighted by atomic mass is 16.5. The van der Waals surface area contributed by atoms with Crippen molar-refractivity contribution in [2.75, 3.05) is 18.0 Å². The van der Waals surface area contributed by atoms with Crippen LogP contribution in [0.3, 0.4) is 0 Å². The molecule has 1 aromatic heterocycles. The van der Waals surface area contributed by atoms with Gasteiger partial charge in [0.15, 0.2) is 0 Å². The summed E-state index contributed by atoms with van der Waals surface area (Å²) < 4.78 is 5.91. The number of rotatable bonds is 2. The molecule has 2 heterocycles. The van der Waals surface area contributed by atoms with Crippen LogP contribution < -0.4 is 10.6 Å². The van der Waals surface area contributed by atoms with Gasteiger partial charge in [0.25, 0.3) is 0 Å².